The van der Waals surface area contributed by atoms with Crippen molar-refractivity contribution in [1.29, 1.82) is 0 Å². The molecule has 6 heteroatoms. The molecule has 1 fully saturated rings. The molecule has 2 rings (SSSR count). The van der Waals surface area contributed by atoms with Crippen LogP contribution in [0.3, 0.4) is 0 Å². The SMILES string of the molecule is O=C(CCN1CC(O)C(O)C1)c1ccc(F)cn1. The molecule has 0 aliphatic carbocycles. The molecule has 1 aromatic heterocycles. The molecule has 1 aromatic rings. The van der Waals surface area contributed by atoms with Gasteiger partial charge in [0.15, 0.2) is 5.78 Å². The summed E-state index contributed by atoms with van der Waals surface area (Å²) in [6, 6.07) is 2.55. The van der Waals surface area contributed by atoms with Crippen LogP contribution < -0.4 is 0 Å². The van der Waals surface area contributed by atoms with Gasteiger partial charge in [-0.1, -0.05) is 0 Å². The summed E-state index contributed by atoms with van der Waals surface area (Å²) in [4.78, 5) is 17.3. The second-order valence-corrected chi connectivity index (χ2v) is 4.43. The summed E-state index contributed by atoms with van der Waals surface area (Å²) in [5.74, 6) is -0.650. The topological polar surface area (TPSA) is 73.7 Å². The number of ketones is 1. The van der Waals surface area contributed by atoms with Crippen molar-refractivity contribution in [3.8, 4) is 0 Å². The molecule has 1 saturated heterocycles. The van der Waals surface area contributed by atoms with Gasteiger partial charge in [-0.3, -0.25) is 14.7 Å². The quantitative estimate of drug-likeness (QED) is 0.730. The minimum atomic E-state index is -0.746. The van der Waals surface area contributed by atoms with Gasteiger partial charge in [0.1, 0.15) is 11.5 Å². The number of Topliss-reactive ketones (excluding diaryl/α,β-unsaturated/α-hetero) is 1. The van der Waals surface area contributed by atoms with Crippen LogP contribution in [0.4, 0.5) is 4.39 Å². The molecule has 2 atom stereocenters. The molecule has 98 valence electrons. The summed E-state index contributed by atoms with van der Waals surface area (Å²) in [5.41, 5.74) is 0.233. The highest BCUT2D eigenvalue weighted by molar-refractivity contribution is 5.94. The average molecular weight is 254 g/mol. The fraction of sp³-hybridized carbons (Fsp3) is 0.500. The van der Waals surface area contributed by atoms with E-state index in [4.69, 9.17) is 0 Å². The molecule has 0 spiro atoms. The third-order valence-corrected chi connectivity index (χ3v) is 3.00. The van der Waals surface area contributed by atoms with Gasteiger partial charge in [0.2, 0.25) is 0 Å². The van der Waals surface area contributed by atoms with Gasteiger partial charge in [0, 0.05) is 26.1 Å². The number of aliphatic hydroxyl groups excluding tert-OH is 2. The second kappa shape index (κ2) is 5.51. The van der Waals surface area contributed by atoms with Gasteiger partial charge in [0.05, 0.1) is 18.4 Å². The molecule has 0 saturated carbocycles. The van der Waals surface area contributed by atoms with Crippen LogP contribution in [0, 0.1) is 5.82 Å². The normalized spacial score (nSPS) is 24.4. The molecule has 0 bridgehead atoms. The number of aromatic nitrogens is 1. The van der Waals surface area contributed by atoms with Gasteiger partial charge >= 0.3 is 0 Å². The zero-order valence-corrected chi connectivity index (χ0v) is 9.79. The molecule has 0 amide bonds. The van der Waals surface area contributed by atoms with E-state index in [1.54, 1.807) is 0 Å². The molecule has 5 nitrogen and oxygen atoms in total. The van der Waals surface area contributed by atoms with Crippen molar-refractivity contribution < 1.29 is 19.4 Å². The van der Waals surface area contributed by atoms with Crippen LogP contribution in [0.2, 0.25) is 0 Å². The summed E-state index contributed by atoms with van der Waals surface area (Å²) >= 11 is 0. The molecule has 2 N–H and O–H groups in total. The molecule has 18 heavy (non-hydrogen) atoms. The number of halogens is 1. The summed E-state index contributed by atoms with van der Waals surface area (Å²) < 4.78 is 12.6. The number of aliphatic hydroxyl groups is 2. The van der Waals surface area contributed by atoms with E-state index in [1.807, 2.05) is 4.90 Å². The van der Waals surface area contributed by atoms with Crippen molar-refractivity contribution in [2.24, 2.45) is 0 Å². The number of rotatable bonds is 4. The lowest BCUT2D eigenvalue weighted by molar-refractivity contribution is 0.0572. The third-order valence-electron chi connectivity index (χ3n) is 3.00. The van der Waals surface area contributed by atoms with E-state index in [9.17, 15) is 19.4 Å². The Morgan fingerprint density at radius 1 is 1.39 bits per heavy atom. The molecule has 1 aliphatic rings. The van der Waals surface area contributed by atoms with Crippen molar-refractivity contribution >= 4 is 5.78 Å². The van der Waals surface area contributed by atoms with E-state index in [0.29, 0.717) is 19.6 Å². The highest BCUT2D eigenvalue weighted by Crippen LogP contribution is 2.11. The maximum absolute atomic E-state index is 12.6. The summed E-state index contributed by atoms with van der Waals surface area (Å²) in [6.07, 6.45) is -0.248. The zero-order valence-electron chi connectivity index (χ0n) is 9.79. The molecule has 0 radical (unpaired) electrons. The highest BCUT2D eigenvalue weighted by Gasteiger charge is 2.29. The van der Waals surface area contributed by atoms with Gasteiger partial charge < -0.3 is 10.2 Å². The Morgan fingerprint density at radius 2 is 2.06 bits per heavy atom. The van der Waals surface area contributed by atoms with Gasteiger partial charge in [-0.25, -0.2) is 4.39 Å². The van der Waals surface area contributed by atoms with E-state index in [0.717, 1.165) is 6.20 Å². The number of pyridine rings is 1. The largest absolute Gasteiger partial charge is 0.389 e. The molecule has 2 unspecified atom stereocenters. The standard InChI is InChI=1S/C12H15FN2O3/c13-8-1-2-9(14-5-8)10(16)3-4-15-6-11(17)12(18)7-15/h1-2,5,11-12,17-18H,3-4,6-7H2. The zero-order chi connectivity index (χ0) is 13.1. The Kier molecular flexibility index (Phi) is 4.00. The third kappa shape index (κ3) is 3.10. The maximum Gasteiger partial charge on any atom is 0.182 e. The van der Waals surface area contributed by atoms with Crippen LogP contribution in [0.25, 0.3) is 0 Å². The Morgan fingerprint density at radius 3 is 2.61 bits per heavy atom. The fourth-order valence-corrected chi connectivity index (χ4v) is 1.96. The van der Waals surface area contributed by atoms with Crippen LogP contribution >= 0.6 is 0 Å². The van der Waals surface area contributed by atoms with Crippen LogP contribution in [-0.2, 0) is 0 Å². The second-order valence-electron chi connectivity index (χ2n) is 4.43. The predicted molar refractivity (Wildman–Crippen MR) is 61.6 cm³/mol. The lowest BCUT2D eigenvalue weighted by Gasteiger charge is -2.13. The van der Waals surface area contributed by atoms with Crippen molar-refractivity contribution in [2.75, 3.05) is 19.6 Å². The van der Waals surface area contributed by atoms with E-state index < -0.39 is 18.0 Å². The van der Waals surface area contributed by atoms with Crippen molar-refractivity contribution in [3.05, 3.63) is 29.8 Å². The first kappa shape index (κ1) is 13.1. The summed E-state index contributed by atoms with van der Waals surface area (Å²) in [7, 11) is 0. The average Bonchev–Trinajstić information content (AvgIpc) is 2.67. The first-order valence-electron chi connectivity index (χ1n) is 5.79. The number of carbonyl (C=O) groups excluding carboxylic acids is 1. The van der Waals surface area contributed by atoms with E-state index in [-0.39, 0.29) is 17.9 Å². The number of β-amino-alcohol motifs (C(OH)–C–C–N with tert-alkyl or cyclic N) is 2. The number of likely N-dealkylation sites (tertiary alicyclic amines) is 1. The van der Waals surface area contributed by atoms with Crippen LogP contribution in [0.5, 0.6) is 0 Å². The van der Waals surface area contributed by atoms with Crippen molar-refractivity contribution in [3.63, 3.8) is 0 Å². The minimum absolute atomic E-state index is 0.175. The lowest BCUT2D eigenvalue weighted by atomic mass is 10.2. The number of nitrogens with zero attached hydrogens (tertiary/aromatic N) is 2. The number of carbonyl (C=O) groups is 1. The molecule has 2 heterocycles. The van der Waals surface area contributed by atoms with Gasteiger partial charge in [-0.05, 0) is 12.1 Å². The molecule has 1 aliphatic heterocycles. The Balaban J connectivity index is 1.84. The predicted octanol–water partition coefficient (Wildman–Crippen LogP) is -0.169. The Hall–Kier alpha value is -1.37. The first-order chi connectivity index (χ1) is 8.56. The monoisotopic (exact) mass is 254 g/mol. The van der Waals surface area contributed by atoms with Gasteiger partial charge in [-0.15, -0.1) is 0 Å². The van der Waals surface area contributed by atoms with E-state index in [2.05, 4.69) is 4.98 Å². The molecular weight excluding hydrogens is 239 g/mol. The van der Waals surface area contributed by atoms with E-state index >= 15 is 0 Å². The lowest BCUT2D eigenvalue weighted by Crippen LogP contribution is -2.25. The van der Waals surface area contributed by atoms with Crippen LogP contribution in [-0.4, -0.2) is 57.7 Å². The molecular formula is C12H15FN2O3. The number of hydrogen-bond acceptors (Lipinski definition) is 5. The van der Waals surface area contributed by atoms with Gasteiger partial charge in [0.25, 0.3) is 0 Å². The van der Waals surface area contributed by atoms with Crippen molar-refractivity contribution in [1.82, 2.24) is 9.88 Å². The smallest absolute Gasteiger partial charge is 0.182 e. The summed E-state index contributed by atoms with van der Waals surface area (Å²) in [6.45, 7) is 1.18. The Labute approximate surface area is 104 Å². The number of hydrogen-bond donors (Lipinski definition) is 2. The minimum Gasteiger partial charge on any atom is -0.389 e. The summed E-state index contributed by atoms with van der Waals surface area (Å²) in [5, 5.41) is 18.7. The maximum atomic E-state index is 12.6. The van der Waals surface area contributed by atoms with Crippen LogP contribution in [0.15, 0.2) is 18.3 Å². The van der Waals surface area contributed by atoms with Gasteiger partial charge in [-0.2, -0.15) is 0 Å². The van der Waals surface area contributed by atoms with Crippen molar-refractivity contribution in [2.45, 2.75) is 18.6 Å². The van der Waals surface area contributed by atoms with Crippen LogP contribution in [0.1, 0.15) is 16.9 Å². The fourth-order valence-electron chi connectivity index (χ4n) is 1.96. The molecule has 0 aromatic carbocycles. The van der Waals surface area contributed by atoms with E-state index in [1.165, 1.54) is 12.1 Å². The first-order valence-corrected chi connectivity index (χ1v) is 5.79. The highest BCUT2D eigenvalue weighted by atomic mass is 19.1. The Bertz CT molecular complexity index is 414.